The van der Waals surface area contributed by atoms with Gasteiger partial charge in [-0.2, -0.15) is 0 Å². The van der Waals surface area contributed by atoms with Crippen molar-refractivity contribution in [3.05, 3.63) is 119 Å². The molecular weight excluding hydrogens is 781 g/mol. The van der Waals surface area contributed by atoms with E-state index in [1.807, 2.05) is 123 Å². The molecule has 2 atom stereocenters. The molecule has 0 aliphatic heterocycles. The van der Waals surface area contributed by atoms with Gasteiger partial charge in [0.15, 0.2) is 0 Å². The van der Waals surface area contributed by atoms with Crippen molar-refractivity contribution in [3.63, 3.8) is 0 Å². The Balaban J connectivity index is 1.18. The smallest absolute Gasteiger partial charge is 0.314 e. The minimum Gasteiger partial charge on any atom is -0.497 e. The van der Waals surface area contributed by atoms with Gasteiger partial charge >= 0.3 is 23.9 Å². The Morgan fingerprint density at radius 1 is 0.492 bits per heavy atom. The molecule has 0 fully saturated rings. The third kappa shape index (κ3) is 18.1. The molecule has 0 N–H and O–H groups in total. The minimum atomic E-state index is -0.898. The number of carbonyl (C=O) groups is 4. The summed E-state index contributed by atoms with van der Waals surface area (Å²) in [4.78, 5) is 54.3. The van der Waals surface area contributed by atoms with E-state index in [9.17, 15) is 19.2 Å². The number of nitrogens with zero attached hydrogens (tertiary/aromatic N) is 2. The number of para-hydroxylation sites is 2. The monoisotopic (exact) mass is 840 g/mol. The van der Waals surface area contributed by atoms with E-state index in [-0.39, 0.29) is 38.9 Å². The first-order valence-electron chi connectivity index (χ1n) is 20.5. The number of benzene rings is 4. The fraction of sp³-hybridized carbons (Fsp3) is 0.417. The van der Waals surface area contributed by atoms with Gasteiger partial charge in [-0.3, -0.25) is 19.2 Å². The molecule has 4 aromatic rings. The first-order chi connectivity index (χ1) is 29.4. The van der Waals surface area contributed by atoms with Crippen molar-refractivity contribution in [2.75, 3.05) is 68.7 Å². The molecular formula is C48H60N2O11. The maximum absolute atomic E-state index is 12.8. The van der Waals surface area contributed by atoms with Crippen LogP contribution < -0.4 is 18.9 Å². The Morgan fingerprint density at radius 3 is 1.28 bits per heavy atom. The second-order valence-corrected chi connectivity index (χ2v) is 15.1. The molecule has 4 aromatic carbocycles. The lowest BCUT2D eigenvalue weighted by Crippen LogP contribution is -2.35. The summed E-state index contributed by atoms with van der Waals surface area (Å²) in [6.07, 6.45) is 0.438. The molecule has 0 amide bonds. The van der Waals surface area contributed by atoms with Crippen LogP contribution in [0.15, 0.2) is 97.1 Å². The minimum absolute atomic E-state index is 0.0963. The summed E-state index contributed by atoms with van der Waals surface area (Å²) in [7, 11) is 10.7. The van der Waals surface area contributed by atoms with E-state index in [0.29, 0.717) is 24.6 Å². The van der Waals surface area contributed by atoms with Crippen molar-refractivity contribution in [2.24, 2.45) is 0 Å². The highest BCUT2D eigenvalue weighted by atomic mass is 16.6. The molecule has 0 aliphatic carbocycles. The van der Waals surface area contributed by atoms with Crippen molar-refractivity contribution in [1.82, 2.24) is 9.80 Å². The topological polar surface area (TPSA) is 139 Å². The van der Waals surface area contributed by atoms with E-state index in [0.717, 1.165) is 59.4 Å². The fourth-order valence-corrected chi connectivity index (χ4v) is 6.47. The molecule has 0 aliphatic rings. The largest absolute Gasteiger partial charge is 0.497 e. The molecule has 0 radical (unpaired) electrons. The Labute approximate surface area is 359 Å². The van der Waals surface area contributed by atoms with Crippen molar-refractivity contribution >= 4 is 23.9 Å². The summed E-state index contributed by atoms with van der Waals surface area (Å²) in [6, 6.07) is 31.3. The van der Waals surface area contributed by atoms with Crippen LogP contribution >= 0.6 is 0 Å². The molecule has 61 heavy (non-hydrogen) atoms. The summed E-state index contributed by atoms with van der Waals surface area (Å²) in [5, 5.41) is 0. The number of esters is 4. The molecule has 328 valence electrons. The molecule has 0 saturated heterocycles. The van der Waals surface area contributed by atoms with Crippen LogP contribution in [0.2, 0.25) is 0 Å². The van der Waals surface area contributed by atoms with E-state index < -0.39 is 36.1 Å². The molecule has 13 nitrogen and oxygen atoms in total. The molecule has 2 unspecified atom stereocenters. The zero-order valence-corrected chi connectivity index (χ0v) is 36.3. The van der Waals surface area contributed by atoms with Crippen molar-refractivity contribution < 1.29 is 52.3 Å². The van der Waals surface area contributed by atoms with E-state index in [1.54, 1.807) is 14.2 Å². The van der Waals surface area contributed by atoms with Gasteiger partial charge in [0.1, 0.15) is 48.4 Å². The number of likely N-dealkylation sites (N-methyl/N-ethyl adjacent to an activating group) is 2. The third-order valence-corrected chi connectivity index (χ3v) is 9.46. The van der Waals surface area contributed by atoms with Crippen LogP contribution in [0.4, 0.5) is 0 Å². The molecule has 0 bridgehead atoms. The van der Waals surface area contributed by atoms with Gasteiger partial charge in [-0.15, -0.1) is 0 Å². The van der Waals surface area contributed by atoms with E-state index in [2.05, 4.69) is 12.1 Å². The average Bonchev–Trinajstić information content (AvgIpc) is 3.24. The first-order valence-corrected chi connectivity index (χ1v) is 20.5. The van der Waals surface area contributed by atoms with Gasteiger partial charge in [-0.1, -0.05) is 60.7 Å². The number of hydrogen-bond acceptors (Lipinski definition) is 13. The lowest BCUT2D eigenvalue weighted by Gasteiger charge is -2.22. The van der Waals surface area contributed by atoms with Crippen LogP contribution in [0.1, 0.15) is 47.9 Å². The van der Waals surface area contributed by atoms with E-state index in [1.165, 1.54) is 0 Å². The Hall–Kier alpha value is -5.92. The van der Waals surface area contributed by atoms with Gasteiger partial charge in [0.05, 0.1) is 39.9 Å². The van der Waals surface area contributed by atoms with E-state index >= 15 is 0 Å². The highest BCUT2D eigenvalue weighted by molar-refractivity contribution is 5.88. The standard InChI is InChI=1S/C48H60N2O11/c1-49(2)31-41(33-57-43-19-9-7-15-37(43)23-21-35-13-11-17-39(29-35)55-5)59-45(51)25-27-47(53)61-48(54)28-26-46(52)60-42(32-50(3)4)34-58-44-20-10-8-16-38(44)24-22-36-14-12-18-40(30-36)56-6/h7-20,29-30,41-42H,21-28,31-34H2,1-6H3. The number of rotatable bonds is 26. The van der Waals surface area contributed by atoms with Crippen molar-refractivity contribution in [2.45, 2.75) is 63.6 Å². The van der Waals surface area contributed by atoms with Crippen LogP contribution in [0.3, 0.4) is 0 Å². The van der Waals surface area contributed by atoms with Crippen LogP contribution in [0, 0.1) is 0 Å². The van der Waals surface area contributed by atoms with Crippen LogP contribution in [0.5, 0.6) is 23.0 Å². The third-order valence-electron chi connectivity index (χ3n) is 9.46. The Kier molecular flexibility index (Phi) is 20.1. The lowest BCUT2D eigenvalue weighted by atomic mass is 10.0. The van der Waals surface area contributed by atoms with Crippen molar-refractivity contribution in [3.8, 4) is 23.0 Å². The summed E-state index contributed by atoms with van der Waals surface area (Å²) >= 11 is 0. The quantitative estimate of drug-likeness (QED) is 0.0397. The predicted molar refractivity (Wildman–Crippen MR) is 231 cm³/mol. The highest BCUT2D eigenvalue weighted by Crippen LogP contribution is 2.24. The summed E-state index contributed by atoms with van der Waals surface area (Å²) in [6.45, 7) is 0.964. The summed E-state index contributed by atoms with van der Waals surface area (Å²) < 4.78 is 39.2. The molecule has 0 saturated carbocycles. The van der Waals surface area contributed by atoms with E-state index in [4.69, 9.17) is 33.2 Å². The highest BCUT2D eigenvalue weighted by Gasteiger charge is 2.22. The lowest BCUT2D eigenvalue weighted by molar-refractivity contribution is -0.164. The van der Waals surface area contributed by atoms with Gasteiger partial charge in [0.25, 0.3) is 0 Å². The van der Waals surface area contributed by atoms with Crippen molar-refractivity contribution in [1.29, 1.82) is 0 Å². The van der Waals surface area contributed by atoms with Crippen LogP contribution in [-0.4, -0.2) is 115 Å². The average molecular weight is 841 g/mol. The number of ether oxygens (including phenoxy) is 7. The normalized spacial score (nSPS) is 12.0. The number of aryl methyl sites for hydroxylation is 4. The van der Waals surface area contributed by atoms with Crippen LogP contribution in [0.25, 0.3) is 0 Å². The van der Waals surface area contributed by atoms with Gasteiger partial charge in [-0.05, 0) is 113 Å². The summed E-state index contributed by atoms with van der Waals surface area (Å²) in [5.41, 5.74) is 4.30. The second-order valence-electron chi connectivity index (χ2n) is 15.1. The maximum Gasteiger partial charge on any atom is 0.314 e. The Morgan fingerprint density at radius 2 is 0.885 bits per heavy atom. The van der Waals surface area contributed by atoms with Gasteiger partial charge in [0, 0.05) is 13.1 Å². The molecule has 4 rings (SSSR count). The maximum atomic E-state index is 12.8. The van der Waals surface area contributed by atoms with Crippen LogP contribution in [-0.2, 0) is 59.1 Å². The predicted octanol–water partition coefficient (Wildman–Crippen LogP) is 6.31. The zero-order chi connectivity index (χ0) is 44.0. The number of carbonyl (C=O) groups excluding carboxylic acids is 4. The summed E-state index contributed by atoms with van der Waals surface area (Å²) in [5.74, 6) is -0.0846. The molecule has 0 heterocycles. The zero-order valence-electron chi connectivity index (χ0n) is 36.3. The van der Waals surface area contributed by atoms with Gasteiger partial charge < -0.3 is 43.0 Å². The number of methoxy groups -OCH3 is 2. The number of hydrogen-bond donors (Lipinski definition) is 0. The fourth-order valence-electron chi connectivity index (χ4n) is 6.47. The molecule has 13 heteroatoms. The Bertz CT molecular complexity index is 1860. The second kappa shape index (κ2) is 25.6. The molecule has 0 aromatic heterocycles. The van der Waals surface area contributed by atoms with Gasteiger partial charge in [0.2, 0.25) is 0 Å². The van der Waals surface area contributed by atoms with Gasteiger partial charge in [-0.25, -0.2) is 0 Å². The molecule has 0 spiro atoms. The SMILES string of the molecule is COc1cccc(CCc2ccccc2OCC(CN(C)C)OC(=O)CCC(=O)OC(=O)CCC(=O)OC(COc2ccccc2CCc2cccc(OC)c2)CN(C)C)c1. The first kappa shape index (κ1) is 47.8.